The number of halogens is 5. The van der Waals surface area contributed by atoms with Crippen LogP contribution in [0.3, 0.4) is 0 Å². The fourth-order valence-corrected chi connectivity index (χ4v) is 3.57. The van der Waals surface area contributed by atoms with Gasteiger partial charge in [0.15, 0.2) is 5.82 Å². The van der Waals surface area contributed by atoms with Crippen LogP contribution in [-0.4, -0.2) is 47.8 Å². The molecule has 0 fully saturated rings. The molecule has 0 bridgehead atoms. The molecule has 1 aliphatic heterocycles. The van der Waals surface area contributed by atoms with E-state index in [-0.39, 0.29) is 34.7 Å². The Bertz CT molecular complexity index is 1240. The number of nitrogens with two attached hydrogens (primary N) is 1. The monoisotopic (exact) mass is 484 g/mol. The average Bonchev–Trinajstić information content (AvgIpc) is 2.81. The van der Waals surface area contributed by atoms with Crippen LogP contribution in [0.2, 0.25) is 0 Å². The maximum absolute atomic E-state index is 15.8. The first-order valence-corrected chi connectivity index (χ1v) is 10.3. The predicted octanol–water partition coefficient (Wildman–Crippen LogP) is 3.75. The van der Waals surface area contributed by atoms with E-state index in [9.17, 15) is 17.6 Å². The van der Waals surface area contributed by atoms with Gasteiger partial charge in [-0.05, 0) is 32.0 Å². The topological polar surface area (TPSA) is 107 Å². The summed E-state index contributed by atoms with van der Waals surface area (Å²) in [6.45, 7) is 3.30. The van der Waals surface area contributed by atoms with E-state index in [4.69, 9.17) is 15.2 Å². The van der Waals surface area contributed by atoms with Crippen molar-refractivity contribution in [3.05, 3.63) is 29.3 Å². The molecule has 3 heterocycles. The fraction of sp³-hybridized carbons (Fsp3) is 0.381. The van der Waals surface area contributed by atoms with Crippen molar-refractivity contribution in [3.8, 4) is 23.1 Å². The van der Waals surface area contributed by atoms with Crippen LogP contribution >= 0.6 is 0 Å². The van der Waals surface area contributed by atoms with Crippen LogP contribution in [0.15, 0.2) is 12.1 Å². The SMILES string of the molecule is COc1nc2c3c(nc(-c4cc(N)c(F)cc4C(F)(F)F)c(F)c3n1)OC(C)CCNCCN2. The molecule has 13 heteroatoms. The summed E-state index contributed by atoms with van der Waals surface area (Å²) >= 11 is 0. The molecule has 3 aromatic rings. The highest BCUT2D eigenvalue weighted by Crippen LogP contribution is 2.43. The number of rotatable bonds is 2. The third kappa shape index (κ3) is 4.47. The van der Waals surface area contributed by atoms with Crippen molar-refractivity contribution in [2.45, 2.75) is 25.6 Å². The first-order chi connectivity index (χ1) is 16.1. The molecule has 34 heavy (non-hydrogen) atoms. The minimum Gasteiger partial charge on any atom is -0.474 e. The van der Waals surface area contributed by atoms with Crippen molar-refractivity contribution in [3.63, 3.8) is 0 Å². The third-order valence-electron chi connectivity index (χ3n) is 5.25. The molecule has 0 saturated heterocycles. The number of aromatic nitrogens is 3. The summed E-state index contributed by atoms with van der Waals surface area (Å²) in [5.74, 6) is -2.52. The summed E-state index contributed by atoms with van der Waals surface area (Å²) in [6.07, 6.45) is -4.91. The second kappa shape index (κ2) is 9.05. The van der Waals surface area contributed by atoms with Gasteiger partial charge in [-0.15, -0.1) is 0 Å². The Kier molecular flexibility index (Phi) is 6.30. The van der Waals surface area contributed by atoms with Crippen molar-refractivity contribution < 1.29 is 31.4 Å². The van der Waals surface area contributed by atoms with Crippen LogP contribution in [0.4, 0.5) is 33.5 Å². The number of alkyl halides is 3. The molecule has 1 aliphatic rings. The van der Waals surface area contributed by atoms with E-state index in [0.29, 0.717) is 32.1 Å². The van der Waals surface area contributed by atoms with Gasteiger partial charge in [0.1, 0.15) is 28.2 Å². The van der Waals surface area contributed by atoms with E-state index in [2.05, 4.69) is 25.6 Å². The van der Waals surface area contributed by atoms with E-state index >= 15 is 4.39 Å². The lowest BCUT2D eigenvalue weighted by Crippen LogP contribution is -2.26. The first-order valence-electron chi connectivity index (χ1n) is 10.3. The van der Waals surface area contributed by atoms with E-state index in [1.165, 1.54) is 7.11 Å². The van der Waals surface area contributed by atoms with Crippen LogP contribution in [0.5, 0.6) is 11.9 Å². The largest absolute Gasteiger partial charge is 0.474 e. The Hall–Kier alpha value is -3.48. The molecule has 8 nitrogen and oxygen atoms in total. The van der Waals surface area contributed by atoms with Gasteiger partial charge in [0, 0.05) is 18.7 Å². The molecule has 1 unspecified atom stereocenters. The zero-order valence-corrected chi connectivity index (χ0v) is 18.2. The Morgan fingerprint density at radius 1 is 1.12 bits per heavy atom. The first kappa shape index (κ1) is 23.7. The van der Waals surface area contributed by atoms with Gasteiger partial charge in [-0.2, -0.15) is 23.1 Å². The lowest BCUT2D eigenvalue weighted by Gasteiger charge is -2.19. The lowest BCUT2D eigenvalue weighted by molar-refractivity contribution is -0.137. The number of hydrogen-bond donors (Lipinski definition) is 3. The standard InChI is InChI=1S/C21H21F5N6O2/c1-9-3-4-28-5-6-29-18-14-17(31-20(32-18)33-2)15(23)16(30-19(14)34-9)10-7-13(27)12(22)8-11(10)21(24,25)26/h7-9,28H,3-6,27H2,1-2H3,(H,29,31,32). The smallest absolute Gasteiger partial charge is 0.417 e. The van der Waals surface area contributed by atoms with Crippen LogP contribution in [0, 0.1) is 11.6 Å². The summed E-state index contributed by atoms with van der Waals surface area (Å²) in [6, 6.07) is 0.682. The molecule has 0 radical (unpaired) electrons. The Morgan fingerprint density at radius 3 is 2.59 bits per heavy atom. The minimum atomic E-state index is -5.01. The van der Waals surface area contributed by atoms with Crippen LogP contribution < -0.4 is 25.8 Å². The maximum atomic E-state index is 15.8. The number of benzene rings is 1. The van der Waals surface area contributed by atoms with Gasteiger partial charge in [0.25, 0.3) is 0 Å². The molecule has 0 amide bonds. The van der Waals surface area contributed by atoms with Crippen molar-refractivity contribution in [2.24, 2.45) is 0 Å². The molecule has 4 N–H and O–H groups in total. The number of ether oxygens (including phenoxy) is 2. The molecule has 0 saturated carbocycles. The van der Waals surface area contributed by atoms with Crippen LogP contribution in [0.1, 0.15) is 18.9 Å². The molecule has 1 aromatic carbocycles. The number of hydrogen-bond acceptors (Lipinski definition) is 8. The number of nitrogen functional groups attached to an aromatic ring is 1. The Balaban J connectivity index is 2.07. The van der Waals surface area contributed by atoms with E-state index < -0.39 is 46.4 Å². The number of anilines is 2. The van der Waals surface area contributed by atoms with Gasteiger partial charge in [-0.3, -0.25) is 0 Å². The number of nitrogens with one attached hydrogen (secondary N) is 2. The zero-order valence-electron chi connectivity index (χ0n) is 18.2. The van der Waals surface area contributed by atoms with Crippen molar-refractivity contribution in [1.29, 1.82) is 0 Å². The summed E-state index contributed by atoms with van der Waals surface area (Å²) in [7, 11) is 1.27. The van der Waals surface area contributed by atoms with Gasteiger partial charge in [-0.25, -0.2) is 13.8 Å². The van der Waals surface area contributed by atoms with Crippen molar-refractivity contribution >= 4 is 22.4 Å². The predicted molar refractivity (Wildman–Crippen MR) is 115 cm³/mol. The minimum absolute atomic E-state index is 0.0412. The van der Waals surface area contributed by atoms with E-state index in [1.54, 1.807) is 6.92 Å². The molecule has 0 spiro atoms. The van der Waals surface area contributed by atoms with Crippen molar-refractivity contribution in [2.75, 3.05) is 37.8 Å². The van der Waals surface area contributed by atoms with Crippen LogP contribution in [-0.2, 0) is 6.18 Å². The van der Waals surface area contributed by atoms with Crippen LogP contribution in [0.25, 0.3) is 22.2 Å². The molecular weight excluding hydrogens is 463 g/mol. The quantitative estimate of drug-likeness (QED) is 0.373. The molecular formula is C21H21F5N6O2. The van der Waals surface area contributed by atoms with Gasteiger partial charge in [0.05, 0.1) is 24.5 Å². The summed E-state index contributed by atoms with van der Waals surface area (Å²) in [4.78, 5) is 12.3. The second-order valence-electron chi connectivity index (χ2n) is 7.67. The Morgan fingerprint density at radius 2 is 1.88 bits per heavy atom. The van der Waals surface area contributed by atoms with Gasteiger partial charge in [-0.1, -0.05) is 0 Å². The molecule has 182 valence electrons. The zero-order chi connectivity index (χ0) is 24.6. The summed E-state index contributed by atoms with van der Waals surface area (Å²) in [5, 5.41) is 6.26. The highest BCUT2D eigenvalue weighted by molar-refractivity contribution is 5.96. The van der Waals surface area contributed by atoms with E-state index in [0.717, 1.165) is 0 Å². The second-order valence-corrected chi connectivity index (χ2v) is 7.67. The fourth-order valence-electron chi connectivity index (χ4n) is 3.57. The third-order valence-corrected chi connectivity index (χ3v) is 5.25. The lowest BCUT2D eigenvalue weighted by atomic mass is 10.0. The van der Waals surface area contributed by atoms with Gasteiger partial charge < -0.3 is 25.8 Å². The molecule has 4 rings (SSSR count). The number of methoxy groups -OCH3 is 1. The van der Waals surface area contributed by atoms with Gasteiger partial charge >= 0.3 is 12.2 Å². The number of nitrogens with zero attached hydrogens (tertiary/aromatic N) is 3. The van der Waals surface area contributed by atoms with Crippen molar-refractivity contribution in [1.82, 2.24) is 20.3 Å². The maximum Gasteiger partial charge on any atom is 0.417 e. The van der Waals surface area contributed by atoms with E-state index in [1.807, 2.05) is 0 Å². The molecule has 0 aliphatic carbocycles. The average molecular weight is 484 g/mol. The summed E-state index contributed by atoms with van der Waals surface area (Å²) in [5.41, 5.74) is 1.62. The highest BCUT2D eigenvalue weighted by Gasteiger charge is 2.37. The molecule has 1 atom stereocenters. The highest BCUT2D eigenvalue weighted by atomic mass is 19.4. The summed E-state index contributed by atoms with van der Waals surface area (Å²) < 4.78 is 81.9. The normalized spacial score (nSPS) is 17.0. The molecule has 2 aromatic heterocycles. The van der Waals surface area contributed by atoms with Gasteiger partial charge in [0.2, 0.25) is 5.88 Å². The Labute approximate surface area is 190 Å². The number of pyridine rings is 1.